The van der Waals surface area contributed by atoms with Gasteiger partial charge in [-0.05, 0) is 90.5 Å². The first-order valence-electron chi connectivity index (χ1n) is 10.4. The van der Waals surface area contributed by atoms with Crippen molar-refractivity contribution in [1.29, 1.82) is 0 Å². The Bertz CT molecular complexity index is 423. The monoisotopic (exact) mass is 357 g/mol. The molecule has 3 heterocycles. The fraction of sp³-hybridized carbons (Fsp3) is 1.00. The Labute approximate surface area is 152 Å². The number of rotatable bonds is 4. The predicted molar refractivity (Wildman–Crippen MR) is 99.3 cm³/mol. The number of halogens is 2. The quantitative estimate of drug-likeness (QED) is 0.760. The lowest BCUT2D eigenvalue weighted by molar-refractivity contribution is -0.137. The number of hydrogen-bond acceptors (Lipinski definition) is 3. The fourth-order valence-electron chi connectivity index (χ4n) is 5.28. The Hall–Kier alpha value is -0.260. The molecule has 1 atom stereocenters. The number of likely N-dealkylation sites (tertiary alicyclic amines) is 3. The van der Waals surface area contributed by atoms with Crippen LogP contribution in [0.4, 0.5) is 8.78 Å². The zero-order chi connectivity index (χ0) is 18.1. The molecule has 3 fully saturated rings. The molecule has 3 rings (SSSR count). The molecule has 0 aromatic rings. The van der Waals surface area contributed by atoms with Crippen LogP contribution in [0.25, 0.3) is 0 Å². The highest BCUT2D eigenvalue weighted by Crippen LogP contribution is 2.43. The summed E-state index contributed by atoms with van der Waals surface area (Å²) in [6.07, 6.45) is 6.32. The maximum Gasteiger partial charge on any atom is 0.275 e. The van der Waals surface area contributed by atoms with Crippen molar-refractivity contribution in [1.82, 2.24) is 14.7 Å². The number of hydrogen-bond donors (Lipinski definition) is 0. The highest BCUT2D eigenvalue weighted by atomic mass is 19.3. The zero-order valence-electron chi connectivity index (χ0n) is 16.4. The van der Waals surface area contributed by atoms with Gasteiger partial charge in [-0.3, -0.25) is 9.80 Å². The molecular formula is C20H37F2N3. The van der Waals surface area contributed by atoms with Gasteiger partial charge in [-0.25, -0.2) is 8.78 Å². The smallest absolute Gasteiger partial charge is 0.275 e. The molecule has 1 unspecified atom stereocenters. The van der Waals surface area contributed by atoms with Crippen molar-refractivity contribution in [2.45, 2.75) is 77.3 Å². The van der Waals surface area contributed by atoms with E-state index >= 15 is 0 Å². The summed E-state index contributed by atoms with van der Waals surface area (Å²) in [5.41, 5.74) is 0.431. The molecule has 0 radical (unpaired) electrons. The maximum atomic E-state index is 14.7. The second kappa shape index (κ2) is 7.77. The summed E-state index contributed by atoms with van der Waals surface area (Å²) >= 11 is 0. The summed E-state index contributed by atoms with van der Waals surface area (Å²) in [6.45, 7) is 12.3. The van der Waals surface area contributed by atoms with Crippen molar-refractivity contribution in [3.63, 3.8) is 0 Å². The minimum absolute atomic E-state index is 0.0451. The van der Waals surface area contributed by atoms with Crippen LogP contribution in [0.15, 0.2) is 0 Å². The van der Waals surface area contributed by atoms with E-state index in [1.165, 1.54) is 25.9 Å². The third kappa shape index (κ3) is 4.36. The van der Waals surface area contributed by atoms with Crippen LogP contribution in [0, 0.1) is 5.41 Å². The van der Waals surface area contributed by atoms with E-state index in [-0.39, 0.29) is 6.54 Å². The van der Waals surface area contributed by atoms with Gasteiger partial charge in [0.15, 0.2) is 0 Å². The van der Waals surface area contributed by atoms with Crippen molar-refractivity contribution in [3.05, 3.63) is 0 Å². The molecule has 0 saturated carbocycles. The normalized spacial score (nSPS) is 31.7. The van der Waals surface area contributed by atoms with E-state index in [2.05, 4.69) is 30.6 Å². The average Bonchev–Trinajstić information content (AvgIpc) is 2.56. The SMILES string of the molecule is CCCN1CCC(N2CCC3(CCN(C(C)C)CC3)CC2)C(F)(F)C1. The zero-order valence-corrected chi connectivity index (χ0v) is 16.4. The summed E-state index contributed by atoms with van der Waals surface area (Å²) < 4.78 is 29.4. The largest absolute Gasteiger partial charge is 0.301 e. The number of nitrogens with zero attached hydrogens (tertiary/aromatic N) is 3. The van der Waals surface area contributed by atoms with Gasteiger partial charge in [-0.1, -0.05) is 6.92 Å². The first-order valence-corrected chi connectivity index (χ1v) is 10.4. The summed E-state index contributed by atoms with van der Waals surface area (Å²) in [7, 11) is 0. The Morgan fingerprint density at radius 3 is 2.08 bits per heavy atom. The van der Waals surface area contributed by atoms with Gasteiger partial charge in [0, 0.05) is 12.6 Å². The standard InChI is InChI=1S/C20H37F2N3/c1-4-10-23-11-5-18(20(21,22)16-23)25-14-8-19(9-15-25)6-12-24(13-7-19)17(2)3/h17-18H,4-16H2,1-3H3. The molecule has 5 heteroatoms. The van der Waals surface area contributed by atoms with Gasteiger partial charge in [-0.2, -0.15) is 0 Å². The fourth-order valence-corrected chi connectivity index (χ4v) is 5.28. The lowest BCUT2D eigenvalue weighted by atomic mass is 9.70. The molecule has 0 N–H and O–H groups in total. The third-order valence-corrected chi connectivity index (χ3v) is 7.07. The lowest BCUT2D eigenvalue weighted by Crippen LogP contribution is -2.60. The Balaban J connectivity index is 1.52. The van der Waals surface area contributed by atoms with E-state index in [0.29, 0.717) is 17.9 Å². The second-order valence-electron chi connectivity index (χ2n) is 9.01. The molecule has 0 bridgehead atoms. The van der Waals surface area contributed by atoms with Crippen LogP contribution in [0.2, 0.25) is 0 Å². The molecule has 3 aliphatic heterocycles. The van der Waals surface area contributed by atoms with E-state index in [1.807, 2.05) is 4.90 Å². The first-order chi connectivity index (χ1) is 11.9. The summed E-state index contributed by atoms with van der Waals surface area (Å²) in [5.74, 6) is -2.56. The third-order valence-electron chi connectivity index (χ3n) is 7.07. The Morgan fingerprint density at radius 1 is 0.960 bits per heavy atom. The Kier molecular flexibility index (Phi) is 6.06. The van der Waals surface area contributed by atoms with Gasteiger partial charge in [0.05, 0.1) is 12.6 Å². The van der Waals surface area contributed by atoms with Crippen LogP contribution >= 0.6 is 0 Å². The summed E-state index contributed by atoms with van der Waals surface area (Å²) in [6, 6.07) is 0.0955. The molecule has 3 aliphatic rings. The molecule has 25 heavy (non-hydrogen) atoms. The highest BCUT2D eigenvalue weighted by Gasteiger charge is 2.49. The van der Waals surface area contributed by atoms with E-state index in [4.69, 9.17) is 0 Å². The molecule has 0 aliphatic carbocycles. The molecule has 1 spiro atoms. The van der Waals surface area contributed by atoms with Crippen molar-refractivity contribution in [3.8, 4) is 0 Å². The van der Waals surface area contributed by atoms with Crippen LogP contribution in [-0.2, 0) is 0 Å². The van der Waals surface area contributed by atoms with Crippen LogP contribution in [-0.4, -0.2) is 78.5 Å². The van der Waals surface area contributed by atoms with Gasteiger partial charge in [0.2, 0.25) is 0 Å². The number of alkyl halides is 2. The molecule has 0 aromatic carbocycles. The van der Waals surface area contributed by atoms with E-state index in [0.717, 1.165) is 45.4 Å². The van der Waals surface area contributed by atoms with E-state index in [1.54, 1.807) is 0 Å². The van der Waals surface area contributed by atoms with Crippen molar-refractivity contribution < 1.29 is 8.78 Å². The van der Waals surface area contributed by atoms with Crippen molar-refractivity contribution in [2.75, 3.05) is 45.8 Å². The van der Waals surface area contributed by atoms with Crippen LogP contribution < -0.4 is 0 Å². The lowest BCUT2D eigenvalue weighted by Gasteiger charge is -2.51. The van der Waals surface area contributed by atoms with Crippen LogP contribution in [0.3, 0.4) is 0 Å². The van der Waals surface area contributed by atoms with Crippen LogP contribution in [0.1, 0.15) is 59.3 Å². The molecule has 146 valence electrons. The number of piperidine rings is 3. The Morgan fingerprint density at radius 2 is 1.56 bits per heavy atom. The highest BCUT2D eigenvalue weighted by molar-refractivity contribution is 4.98. The van der Waals surface area contributed by atoms with E-state index in [9.17, 15) is 8.78 Å². The molecule has 0 amide bonds. The minimum Gasteiger partial charge on any atom is -0.301 e. The van der Waals surface area contributed by atoms with Gasteiger partial charge < -0.3 is 4.90 Å². The van der Waals surface area contributed by atoms with E-state index < -0.39 is 12.0 Å². The molecule has 3 saturated heterocycles. The maximum absolute atomic E-state index is 14.7. The first kappa shape index (κ1) is 19.5. The summed E-state index contributed by atoms with van der Waals surface area (Å²) in [5, 5.41) is 0. The molecule has 3 nitrogen and oxygen atoms in total. The second-order valence-corrected chi connectivity index (χ2v) is 9.01. The van der Waals surface area contributed by atoms with Crippen molar-refractivity contribution in [2.24, 2.45) is 5.41 Å². The topological polar surface area (TPSA) is 9.72 Å². The van der Waals surface area contributed by atoms with Gasteiger partial charge in [-0.15, -0.1) is 0 Å². The van der Waals surface area contributed by atoms with Gasteiger partial charge >= 0.3 is 0 Å². The van der Waals surface area contributed by atoms with Crippen LogP contribution in [0.5, 0.6) is 0 Å². The van der Waals surface area contributed by atoms with Gasteiger partial charge in [0.25, 0.3) is 5.92 Å². The average molecular weight is 358 g/mol. The predicted octanol–water partition coefficient (Wildman–Crippen LogP) is 3.69. The van der Waals surface area contributed by atoms with Gasteiger partial charge in [0.1, 0.15) is 0 Å². The molecular weight excluding hydrogens is 320 g/mol. The van der Waals surface area contributed by atoms with Crippen molar-refractivity contribution >= 4 is 0 Å². The summed E-state index contributed by atoms with van der Waals surface area (Å²) in [4.78, 5) is 6.64. The minimum atomic E-state index is -2.56. The molecule has 0 aromatic heterocycles.